The number of nitrogens with zero attached hydrogens (tertiary/aromatic N) is 1. The summed E-state index contributed by atoms with van der Waals surface area (Å²) >= 11 is 13.5. The summed E-state index contributed by atoms with van der Waals surface area (Å²) in [6.07, 6.45) is 1.30. The summed E-state index contributed by atoms with van der Waals surface area (Å²) in [7, 11) is 0. The highest BCUT2D eigenvalue weighted by Crippen LogP contribution is 2.35. The minimum absolute atomic E-state index is 0.101. The zero-order valence-corrected chi connectivity index (χ0v) is 14.7. The van der Waals surface area contributed by atoms with Crippen molar-refractivity contribution in [1.29, 1.82) is 0 Å². The van der Waals surface area contributed by atoms with Crippen molar-refractivity contribution in [2.75, 3.05) is 5.32 Å². The summed E-state index contributed by atoms with van der Waals surface area (Å²) in [6.45, 7) is 2.10. The van der Waals surface area contributed by atoms with E-state index in [1.807, 2.05) is 30.3 Å². The average Bonchev–Trinajstić information content (AvgIpc) is 2.95. The Morgan fingerprint density at radius 2 is 1.83 bits per heavy atom. The highest BCUT2D eigenvalue weighted by Gasteiger charge is 2.12. The van der Waals surface area contributed by atoms with Crippen molar-refractivity contribution in [2.45, 2.75) is 19.8 Å². The number of hydrogen-bond acceptors (Lipinski definition) is 3. The molecular weight excluding hydrogens is 351 g/mol. The van der Waals surface area contributed by atoms with Crippen LogP contribution in [0.3, 0.4) is 0 Å². The molecule has 3 rings (SSSR count). The Hall–Kier alpha value is -1.62. The number of halogens is 2. The van der Waals surface area contributed by atoms with Gasteiger partial charge in [-0.15, -0.1) is 0 Å². The van der Waals surface area contributed by atoms with Crippen LogP contribution in [-0.4, -0.2) is 10.9 Å². The van der Waals surface area contributed by atoms with Gasteiger partial charge in [0.1, 0.15) is 5.52 Å². The van der Waals surface area contributed by atoms with E-state index in [0.717, 1.165) is 16.7 Å². The SMILES string of the molecule is CCc1ccc(CC(=O)Nc2nc3c(Cl)c(Cl)ccc3s2)cc1. The first-order chi connectivity index (χ1) is 11.1. The lowest BCUT2D eigenvalue weighted by Crippen LogP contribution is -2.14. The van der Waals surface area contributed by atoms with Gasteiger partial charge in [-0.05, 0) is 29.7 Å². The molecule has 23 heavy (non-hydrogen) atoms. The number of amides is 1. The van der Waals surface area contributed by atoms with Gasteiger partial charge in [0.25, 0.3) is 0 Å². The second-order valence-electron chi connectivity index (χ2n) is 5.12. The molecule has 0 aliphatic heterocycles. The first-order valence-electron chi connectivity index (χ1n) is 7.19. The van der Waals surface area contributed by atoms with Gasteiger partial charge in [0.15, 0.2) is 5.13 Å². The molecule has 0 saturated carbocycles. The highest BCUT2D eigenvalue weighted by molar-refractivity contribution is 7.22. The summed E-state index contributed by atoms with van der Waals surface area (Å²) in [5.41, 5.74) is 2.85. The third kappa shape index (κ3) is 3.66. The van der Waals surface area contributed by atoms with E-state index < -0.39 is 0 Å². The number of rotatable bonds is 4. The van der Waals surface area contributed by atoms with Gasteiger partial charge in [0.05, 0.1) is 21.2 Å². The number of carbonyl (C=O) groups is 1. The lowest BCUT2D eigenvalue weighted by Gasteiger charge is -2.03. The molecule has 0 atom stereocenters. The highest BCUT2D eigenvalue weighted by atomic mass is 35.5. The van der Waals surface area contributed by atoms with E-state index in [2.05, 4.69) is 17.2 Å². The number of carbonyl (C=O) groups excluding carboxylic acids is 1. The van der Waals surface area contributed by atoms with E-state index in [1.54, 1.807) is 6.07 Å². The fourth-order valence-corrected chi connectivity index (χ4v) is 3.54. The summed E-state index contributed by atoms with van der Waals surface area (Å²) in [5.74, 6) is -0.101. The van der Waals surface area contributed by atoms with Crippen LogP contribution in [0.4, 0.5) is 5.13 Å². The molecule has 0 aliphatic rings. The molecular formula is C17H14Cl2N2OS. The monoisotopic (exact) mass is 364 g/mol. The number of nitrogens with one attached hydrogen (secondary N) is 1. The van der Waals surface area contributed by atoms with Gasteiger partial charge in [-0.2, -0.15) is 0 Å². The van der Waals surface area contributed by atoms with Crippen LogP contribution < -0.4 is 5.32 Å². The van der Waals surface area contributed by atoms with Crippen molar-refractivity contribution in [3.05, 3.63) is 57.6 Å². The number of anilines is 1. The van der Waals surface area contributed by atoms with Gasteiger partial charge in [-0.1, -0.05) is 65.7 Å². The molecule has 0 spiro atoms. The second kappa shape index (κ2) is 6.87. The van der Waals surface area contributed by atoms with Gasteiger partial charge >= 0.3 is 0 Å². The predicted molar refractivity (Wildman–Crippen MR) is 97.8 cm³/mol. The summed E-state index contributed by atoms with van der Waals surface area (Å²) < 4.78 is 0.891. The lowest BCUT2D eigenvalue weighted by molar-refractivity contribution is -0.115. The van der Waals surface area contributed by atoms with E-state index in [9.17, 15) is 4.79 Å². The number of fused-ring (bicyclic) bond motifs is 1. The Morgan fingerprint density at radius 3 is 2.52 bits per heavy atom. The normalized spacial score (nSPS) is 10.9. The molecule has 2 aromatic carbocycles. The van der Waals surface area contributed by atoms with Crippen LogP contribution in [0.25, 0.3) is 10.2 Å². The van der Waals surface area contributed by atoms with E-state index in [0.29, 0.717) is 27.1 Å². The standard InChI is InChI=1S/C17H14Cl2N2OS/c1-2-10-3-5-11(6-4-10)9-14(22)20-17-21-16-13(23-17)8-7-12(18)15(16)19/h3-8H,2,9H2,1H3,(H,20,21,22). The molecule has 1 amide bonds. The number of hydrogen-bond donors (Lipinski definition) is 1. The minimum Gasteiger partial charge on any atom is -0.302 e. The number of aryl methyl sites for hydroxylation is 1. The summed E-state index contributed by atoms with van der Waals surface area (Å²) in [6, 6.07) is 11.6. The maximum atomic E-state index is 12.2. The molecule has 3 aromatic rings. The first-order valence-corrected chi connectivity index (χ1v) is 8.76. The Balaban J connectivity index is 1.73. The van der Waals surface area contributed by atoms with E-state index >= 15 is 0 Å². The summed E-state index contributed by atoms with van der Waals surface area (Å²) in [5, 5.41) is 4.22. The lowest BCUT2D eigenvalue weighted by atomic mass is 10.1. The van der Waals surface area contributed by atoms with Crippen molar-refractivity contribution in [1.82, 2.24) is 4.98 Å². The molecule has 0 radical (unpaired) electrons. The topological polar surface area (TPSA) is 42.0 Å². The largest absolute Gasteiger partial charge is 0.302 e. The average molecular weight is 365 g/mol. The molecule has 0 unspecified atom stereocenters. The molecule has 0 bridgehead atoms. The molecule has 0 aliphatic carbocycles. The maximum absolute atomic E-state index is 12.2. The molecule has 1 heterocycles. The van der Waals surface area contributed by atoms with Crippen LogP contribution in [0.15, 0.2) is 36.4 Å². The van der Waals surface area contributed by atoms with Crippen molar-refractivity contribution in [3.8, 4) is 0 Å². The van der Waals surface area contributed by atoms with Gasteiger partial charge in [-0.25, -0.2) is 4.98 Å². The Bertz CT molecular complexity index is 859. The number of benzene rings is 2. The van der Waals surface area contributed by atoms with Crippen molar-refractivity contribution in [2.24, 2.45) is 0 Å². The van der Waals surface area contributed by atoms with Crippen molar-refractivity contribution < 1.29 is 4.79 Å². The van der Waals surface area contributed by atoms with E-state index in [4.69, 9.17) is 23.2 Å². The van der Waals surface area contributed by atoms with Crippen molar-refractivity contribution in [3.63, 3.8) is 0 Å². The molecule has 1 N–H and O–H groups in total. The van der Waals surface area contributed by atoms with E-state index in [-0.39, 0.29) is 5.91 Å². The Labute approximate surface area is 148 Å². The number of aromatic nitrogens is 1. The first kappa shape index (κ1) is 16.2. The quantitative estimate of drug-likeness (QED) is 0.678. The van der Waals surface area contributed by atoms with Gasteiger partial charge in [0, 0.05) is 0 Å². The number of thiazole rings is 1. The van der Waals surface area contributed by atoms with Gasteiger partial charge in [0.2, 0.25) is 5.91 Å². The third-order valence-electron chi connectivity index (χ3n) is 3.49. The maximum Gasteiger partial charge on any atom is 0.230 e. The van der Waals surface area contributed by atoms with Crippen LogP contribution in [0.5, 0.6) is 0 Å². The van der Waals surface area contributed by atoms with Crippen LogP contribution in [0.1, 0.15) is 18.1 Å². The zero-order chi connectivity index (χ0) is 16.4. The van der Waals surface area contributed by atoms with E-state index in [1.165, 1.54) is 16.9 Å². The second-order valence-corrected chi connectivity index (χ2v) is 6.94. The fourth-order valence-electron chi connectivity index (χ4n) is 2.23. The Kier molecular flexibility index (Phi) is 4.85. The predicted octanol–water partition coefficient (Wildman–Crippen LogP) is 5.35. The molecule has 3 nitrogen and oxygen atoms in total. The zero-order valence-electron chi connectivity index (χ0n) is 12.4. The molecule has 0 saturated heterocycles. The van der Waals surface area contributed by atoms with Crippen LogP contribution in [0.2, 0.25) is 10.0 Å². The molecule has 1 aromatic heterocycles. The molecule has 118 valence electrons. The van der Waals surface area contributed by atoms with Crippen LogP contribution in [-0.2, 0) is 17.6 Å². The summed E-state index contributed by atoms with van der Waals surface area (Å²) in [4.78, 5) is 16.5. The molecule has 0 fully saturated rings. The Morgan fingerprint density at radius 1 is 1.13 bits per heavy atom. The molecule has 6 heteroatoms. The van der Waals surface area contributed by atoms with Gasteiger partial charge in [-0.3, -0.25) is 4.79 Å². The minimum atomic E-state index is -0.101. The fraction of sp³-hybridized carbons (Fsp3) is 0.176. The smallest absolute Gasteiger partial charge is 0.230 e. The van der Waals surface area contributed by atoms with Crippen molar-refractivity contribution >= 4 is 55.8 Å². The van der Waals surface area contributed by atoms with Crippen LogP contribution in [0, 0.1) is 0 Å². The van der Waals surface area contributed by atoms with Gasteiger partial charge < -0.3 is 5.32 Å². The van der Waals surface area contributed by atoms with Crippen LogP contribution >= 0.6 is 34.5 Å². The third-order valence-corrected chi connectivity index (χ3v) is 5.22.